The molecule has 5 atom stereocenters. The summed E-state index contributed by atoms with van der Waals surface area (Å²) in [5, 5.41) is 49.2. The molecule has 0 aromatic heterocycles. The third-order valence-corrected chi connectivity index (χ3v) is 3.46. The van der Waals surface area contributed by atoms with Crippen molar-refractivity contribution in [3.05, 3.63) is 39.9 Å². The van der Waals surface area contributed by atoms with Crippen LogP contribution in [0.15, 0.2) is 24.3 Å². The second-order valence-electron chi connectivity index (χ2n) is 4.89. The average molecular weight is 315 g/mol. The Morgan fingerprint density at radius 2 is 1.91 bits per heavy atom. The highest BCUT2D eigenvalue weighted by atomic mass is 16.7. The molecule has 22 heavy (non-hydrogen) atoms. The SMILES string of the molecule is O=[N+]([O-])c1ccccc1CO[C@@H]1[C@@H](O)[C@@H](O)[C@@H](CO)O[C@@H]1O. The van der Waals surface area contributed by atoms with Crippen molar-refractivity contribution in [2.45, 2.75) is 37.3 Å². The highest BCUT2D eigenvalue weighted by Gasteiger charge is 2.44. The van der Waals surface area contributed by atoms with Crippen LogP contribution in [0.4, 0.5) is 5.69 Å². The average Bonchev–Trinajstić information content (AvgIpc) is 2.51. The van der Waals surface area contributed by atoms with Crippen molar-refractivity contribution in [3.8, 4) is 0 Å². The minimum atomic E-state index is -1.57. The van der Waals surface area contributed by atoms with E-state index in [0.29, 0.717) is 0 Å². The van der Waals surface area contributed by atoms with Crippen LogP contribution in [0.5, 0.6) is 0 Å². The normalized spacial score (nSPS) is 31.9. The van der Waals surface area contributed by atoms with E-state index in [9.17, 15) is 25.4 Å². The summed E-state index contributed by atoms with van der Waals surface area (Å²) in [6, 6.07) is 5.88. The summed E-state index contributed by atoms with van der Waals surface area (Å²) in [5.41, 5.74) is 0.0997. The van der Waals surface area contributed by atoms with Gasteiger partial charge in [-0.1, -0.05) is 12.1 Å². The molecule has 0 aliphatic carbocycles. The lowest BCUT2D eigenvalue weighted by Gasteiger charge is -2.39. The number of benzene rings is 1. The maximum atomic E-state index is 10.9. The molecule has 1 aromatic carbocycles. The summed E-state index contributed by atoms with van der Waals surface area (Å²) in [4.78, 5) is 10.3. The molecule has 0 radical (unpaired) electrons. The Balaban J connectivity index is 2.07. The lowest BCUT2D eigenvalue weighted by atomic mass is 9.99. The summed E-state index contributed by atoms with van der Waals surface area (Å²) in [6.45, 7) is -0.831. The van der Waals surface area contributed by atoms with E-state index in [4.69, 9.17) is 14.6 Å². The van der Waals surface area contributed by atoms with Gasteiger partial charge in [0.25, 0.3) is 5.69 Å². The van der Waals surface area contributed by atoms with Crippen LogP contribution in [-0.4, -0.2) is 62.7 Å². The number of ether oxygens (including phenoxy) is 2. The Labute approximate surface area is 125 Å². The van der Waals surface area contributed by atoms with Crippen LogP contribution in [0.1, 0.15) is 5.56 Å². The maximum Gasteiger partial charge on any atom is 0.274 e. The van der Waals surface area contributed by atoms with Gasteiger partial charge in [0.15, 0.2) is 6.29 Å². The molecule has 9 nitrogen and oxygen atoms in total. The van der Waals surface area contributed by atoms with Crippen molar-refractivity contribution < 1.29 is 34.8 Å². The van der Waals surface area contributed by atoms with Crippen molar-refractivity contribution in [2.75, 3.05) is 6.61 Å². The standard InChI is InChI=1S/C13H17NO8/c15-5-9-10(16)11(17)12(13(18)22-9)21-6-7-3-1-2-4-8(7)14(19)20/h1-4,9-13,15-18H,5-6H2/t9-,10+,11+,12-,13+/m1/s1. The Hall–Kier alpha value is -1.62. The molecule has 1 fully saturated rings. The van der Waals surface area contributed by atoms with Crippen LogP contribution in [0.2, 0.25) is 0 Å². The van der Waals surface area contributed by atoms with Crippen molar-refractivity contribution >= 4 is 5.69 Å². The molecule has 0 spiro atoms. The molecule has 122 valence electrons. The zero-order valence-electron chi connectivity index (χ0n) is 11.5. The number of hydrogen-bond donors (Lipinski definition) is 4. The number of aliphatic hydroxyl groups excluding tert-OH is 4. The zero-order valence-corrected chi connectivity index (χ0v) is 11.5. The monoisotopic (exact) mass is 315 g/mol. The van der Waals surface area contributed by atoms with Gasteiger partial charge in [0.1, 0.15) is 24.4 Å². The smallest absolute Gasteiger partial charge is 0.274 e. The summed E-state index contributed by atoms with van der Waals surface area (Å²) < 4.78 is 10.2. The Morgan fingerprint density at radius 3 is 2.55 bits per heavy atom. The second-order valence-corrected chi connectivity index (χ2v) is 4.89. The third-order valence-electron chi connectivity index (χ3n) is 3.46. The third kappa shape index (κ3) is 3.40. The first-order valence-electron chi connectivity index (χ1n) is 6.60. The van der Waals surface area contributed by atoms with E-state index in [1.54, 1.807) is 6.07 Å². The maximum absolute atomic E-state index is 10.9. The number of aliphatic hydroxyl groups is 4. The molecule has 1 heterocycles. The van der Waals surface area contributed by atoms with Gasteiger partial charge in [0, 0.05) is 6.07 Å². The highest BCUT2D eigenvalue weighted by molar-refractivity contribution is 5.39. The predicted molar refractivity (Wildman–Crippen MR) is 71.7 cm³/mol. The molecule has 1 aromatic rings. The number of hydrogen-bond acceptors (Lipinski definition) is 8. The fraction of sp³-hybridized carbons (Fsp3) is 0.538. The van der Waals surface area contributed by atoms with Crippen molar-refractivity contribution in [3.63, 3.8) is 0 Å². The first-order chi connectivity index (χ1) is 10.5. The van der Waals surface area contributed by atoms with Gasteiger partial charge in [0.2, 0.25) is 0 Å². The van der Waals surface area contributed by atoms with E-state index in [-0.39, 0.29) is 17.9 Å². The summed E-state index contributed by atoms with van der Waals surface area (Å²) >= 11 is 0. The quantitative estimate of drug-likeness (QED) is 0.396. The molecule has 2 rings (SSSR count). The van der Waals surface area contributed by atoms with Crippen LogP contribution in [-0.2, 0) is 16.1 Å². The minimum Gasteiger partial charge on any atom is -0.394 e. The van der Waals surface area contributed by atoms with Gasteiger partial charge in [-0.25, -0.2) is 0 Å². The van der Waals surface area contributed by atoms with Gasteiger partial charge < -0.3 is 29.9 Å². The van der Waals surface area contributed by atoms with E-state index >= 15 is 0 Å². The van der Waals surface area contributed by atoms with E-state index in [0.717, 1.165) is 0 Å². The molecule has 0 saturated carbocycles. The second kappa shape index (κ2) is 7.09. The Morgan fingerprint density at radius 1 is 1.23 bits per heavy atom. The van der Waals surface area contributed by atoms with Gasteiger partial charge in [-0.05, 0) is 6.07 Å². The molecule has 0 unspecified atom stereocenters. The van der Waals surface area contributed by atoms with E-state index < -0.39 is 42.2 Å². The lowest BCUT2D eigenvalue weighted by molar-refractivity contribution is -0.386. The number of nitrogens with zero attached hydrogens (tertiary/aromatic N) is 1. The van der Waals surface area contributed by atoms with Gasteiger partial charge in [-0.15, -0.1) is 0 Å². The minimum absolute atomic E-state index is 0.156. The summed E-state index contributed by atoms with van der Waals surface area (Å²) in [5.74, 6) is 0. The van der Waals surface area contributed by atoms with Gasteiger partial charge in [0.05, 0.1) is 23.7 Å². The van der Waals surface area contributed by atoms with Gasteiger partial charge in [-0.3, -0.25) is 10.1 Å². The van der Waals surface area contributed by atoms with Crippen molar-refractivity contribution in [1.82, 2.24) is 0 Å². The zero-order chi connectivity index (χ0) is 16.3. The fourth-order valence-corrected chi connectivity index (χ4v) is 2.25. The lowest BCUT2D eigenvalue weighted by Crippen LogP contribution is -2.59. The summed E-state index contributed by atoms with van der Waals surface area (Å²) in [6.07, 6.45) is -6.93. The molecule has 9 heteroatoms. The first kappa shape index (κ1) is 16.7. The largest absolute Gasteiger partial charge is 0.394 e. The van der Waals surface area contributed by atoms with Crippen LogP contribution < -0.4 is 0 Å². The molecule has 0 amide bonds. The van der Waals surface area contributed by atoms with Gasteiger partial charge in [-0.2, -0.15) is 0 Å². The van der Waals surface area contributed by atoms with Crippen molar-refractivity contribution in [1.29, 1.82) is 0 Å². The topological polar surface area (TPSA) is 143 Å². The number of nitro groups is 1. The number of nitro benzene ring substituents is 1. The van der Waals surface area contributed by atoms with Crippen LogP contribution in [0, 0.1) is 10.1 Å². The Kier molecular flexibility index (Phi) is 5.40. The summed E-state index contributed by atoms with van der Waals surface area (Å²) in [7, 11) is 0. The molecule has 1 aliphatic rings. The van der Waals surface area contributed by atoms with Crippen molar-refractivity contribution in [2.24, 2.45) is 0 Å². The van der Waals surface area contributed by atoms with Gasteiger partial charge >= 0.3 is 0 Å². The first-order valence-corrected chi connectivity index (χ1v) is 6.60. The number of rotatable bonds is 5. The number of para-hydroxylation sites is 1. The van der Waals surface area contributed by atoms with E-state index in [1.165, 1.54) is 18.2 Å². The molecule has 4 N–H and O–H groups in total. The van der Waals surface area contributed by atoms with E-state index in [2.05, 4.69) is 0 Å². The van der Waals surface area contributed by atoms with E-state index in [1.807, 2.05) is 0 Å². The molecule has 1 saturated heterocycles. The molecule has 0 bridgehead atoms. The molecule has 1 aliphatic heterocycles. The highest BCUT2D eigenvalue weighted by Crippen LogP contribution is 2.25. The Bertz CT molecular complexity index is 525. The predicted octanol–water partition coefficient (Wildman–Crippen LogP) is -1.09. The van der Waals surface area contributed by atoms with Crippen LogP contribution in [0.3, 0.4) is 0 Å². The van der Waals surface area contributed by atoms with Crippen LogP contribution >= 0.6 is 0 Å². The molecular weight excluding hydrogens is 298 g/mol. The van der Waals surface area contributed by atoms with Crippen LogP contribution in [0.25, 0.3) is 0 Å². The fourth-order valence-electron chi connectivity index (χ4n) is 2.25. The molecular formula is C13H17NO8.